The normalized spacial score (nSPS) is 10.5. The van der Waals surface area contributed by atoms with Gasteiger partial charge in [-0.15, -0.1) is 11.8 Å². The Balaban J connectivity index is 1.96. The van der Waals surface area contributed by atoms with Gasteiger partial charge in [-0.3, -0.25) is 0 Å². The van der Waals surface area contributed by atoms with E-state index in [0.717, 1.165) is 17.1 Å². The molecule has 2 aromatic carbocycles. The van der Waals surface area contributed by atoms with Crippen LogP contribution in [-0.4, -0.2) is 9.78 Å². The molecule has 23 heavy (non-hydrogen) atoms. The Morgan fingerprint density at radius 1 is 1.09 bits per heavy atom. The van der Waals surface area contributed by atoms with Gasteiger partial charge in [0.1, 0.15) is 6.07 Å². The quantitative estimate of drug-likeness (QED) is 0.657. The van der Waals surface area contributed by atoms with Crippen LogP contribution in [0.1, 0.15) is 22.5 Å². The molecule has 0 spiro atoms. The van der Waals surface area contributed by atoms with Crippen LogP contribution in [-0.2, 0) is 5.75 Å². The predicted molar refractivity (Wildman–Crippen MR) is 93.8 cm³/mol. The molecule has 0 radical (unpaired) electrons. The van der Waals surface area contributed by atoms with Gasteiger partial charge in [-0.2, -0.15) is 10.4 Å². The summed E-state index contributed by atoms with van der Waals surface area (Å²) in [5.41, 5.74) is 4.62. The van der Waals surface area contributed by atoms with Gasteiger partial charge in [-0.05, 0) is 38.1 Å². The van der Waals surface area contributed by atoms with Crippen molar-refractivity contribution in [3.8, 4) is 11.8 Å². The molecular formula is C19H17N3S. The lowest BCUT2D eigenvalue weighted by Crippen LogP contribution is -2.01. The maximum Gasteiger partial charge on any atom is 0.103 e. The lowest BCUT2D eigenvalue weighted by Gasteiger charge is -2.08. The van der Waals surface area contributed by atoms with Crippen molar-refractivity contribution in [3.05, 3.63) is 77.1 Å². The molecule has 0 amide bonds. The second kappa shape index (κ2) is 6.72. The van der Waals surface area contributed by atoms with Crippen molar-refractivity contribution >= 4 is 11.8 Å². The zero-order chi connectivity index (χ0) is 16.2. The molecule has 0 unspecified atom stereocenters. The summed E-state index contributed by atoms with van der Waals surface area (Å²) < 4.78 is 1.89. The number of nitrogens with zero attached hydrogens (tertiary/aromatic N) is 3. The van der Waals surface area contributed by atoms with E-state index in [2.05, 4.69) is 42.4 Å². The van der Waals surface area contributed by atoms with Gasteiger partial charge in [0.25, 0.3) is 0 Å². The molecule has 0 saturated heterocycles. The minimum atomic E-state index is 0.675. The summed E-state index contributed by atoms with van der Waals surface area (Å²) in [5, 5.41) is 14.1. The number of aryl methyl sites for hydroxylation is 2. The molecule has 4 heteroatoms. The van der Waals surface area contributed by atoms with E-state index in [1.165, 1.54) is 10.5 Å². The molecular weight excluding hydrogens is 302 g/mol. The van der Waals surface area contributed by atoms with E-state index < -0.39 is 0 Å². The monoisotopic (exact) mass is 319 g/mol. The Morgan fingerprint density at radius 2 is 1.87 bits per heavy atom. The summed E-state index contributed by atoms with van der Waals surface area (Å²) in [6.45, 7) is 3.97. The average Bonchev–Trinajstić information content (AvgIpc) is 2.89. The molecule has 0 aliphatic carbocycles. The van der Waals surface area contributed by atoms with Crippen molar-refractivity contribution in [2.75, 3.05) is 0 Å². The Labute approximate surface area is 140 Å². The number of hydrogen-bond donors (Lipinski definition) is 0. The summed E-state index contributed by atoms with van der Waals surface area (Å²) >= 11 is 1.73. The molecule has 114 valence electrons. The van der Waals surface area contributed by atoms with Crippen molar-refractivity contribution in [1.29, 1.82) is 5.26 Å². The summed E-state index contributed by atoms with van der Waals surface area (Å²) in [6.07, 6.45) is 0. The van der Waals surface area contributed by atoms with E-state index >= 15 is 0 Å². The van der Waals surface area contributed by atoms with Crippen LogP contribution in [0.2, 0.25) is 0 Å². The number of thioether (sulfide) groups is 1. The number of aromatic nitrogens is 2. The maximum atomic E-state index is 9.49. The van der Waals surface area contributed by atoms with E-state index in [1.54, 1.807) is 11.8 Å². The van der Waals surface area contributed by atoms with Crippen LogP contribution >= 0.6 is 11.8 Å². The highest BCUT2D eigenvalue weighted by Crippen LogP contribution is 2.27. The van der Waals surface area contributed by atoms with Gasteiger partial charge >= 0.3 is 0 Å². The molecule has 3 nitrogen and oxygen atoms in total. The predicted octanol–water partition coefficient (Wildman–Crippen LogP) is 4.65. The van der Waals surface area contributed by atoms with E-state index in [-0.39, 0.29) is 0 Å². The lowest BCUT2D eigenvalue weighted by molar-refractivity contribution is 0.828. The van der Waals surface area contributed by atoms with Gasteiger partial charge in [-0.1, -0.05) is 35.9 Å². The van der Waals surface area contributed by atoms with Crippen molar-refractivity contribution < 1.29 is 0 Å². The van der Waals surface area contributed by atoms with Gasteiger partial charge in [-0.25, -0.2) is 4.68 Å². The second-order valence-corrected chi connectivity index (χ2v) is 6.42. The highest BCUT2D eigenvalue weighted by atomic mass is 32.2. The van der Waals surface area contributed by atoms with Gasteiger partial charge in [0.05, 0.1) is 22.6 Å². The SMILES string of the molecule is Cc1cccc(SCc2c(C#N)c(C)nn2-c2ccccc2)c1. The van der Waals surface area contributed by atoms with Crippen LogP contribution in [0.15, 0.2) is 59.5 Å². The Kier molecular flexibility index (Phi) is 4.50. The van der Waals surface area contributed by atoms with Crippen LogP contribution in [0, 0.1) is 25.2 Å². The summed E-state index contributed by atoms with van der Waals surface area (Å²) in [7, 11) is 0. The first-order valence-corrected chi connectivity index (χ1v) is 8.41. The van der Waals surface area contributed by atoms with Crippen LogP contribution in [0.5, 0.6) is 0 Å². The topological polar surface area (TPSA) is 41.6 Å². The number of rotatable bonds is 4. The van der Waals surface area contributed by atoms with Crippen molar-refractivity contribution in [3.63, 3.8) is 0 Å². The Morgan fingerprint density at radius 3 is 2.57 bits per heavy atom. The lowest BCUT2D eigenvalue weighted by atomic mass is 10.2. The smallest absolute Gasteiger partial charge is 0.103 e. The van der Waals surface area contributed by atoms with Crippen molar-refractivity contribution in [1.82, 2.24) is 9.78 Å². The summed E-state index contributed by atoms with van der Waals surface area (Å²) in [4.78, 5) is 1.20. The van der Waals surface area contributed by atoms with Crippen LogP contribution in [0.4, 0.5) is 0 Å². The maximum absolute atomic E-state index is 9.49. The van der Waals surface area contributed by atoms with E-state index in [1.807, 2.05) is 41.9 Å². The second-order valence-electron chi connectivity index (χ2n) is 5.37. The van der Waals surface area contributed by atoms with Crippen LogP contribution < -0.4 is 0 Å². The largest absolute Gasteiger partial charge is 0.235 e. The first-order valence-electron chi connectivity index (χ1n) is 7.42. The Bertz CT molecular complexity index is 860. The highest BCUT2D eigenvalue weighted by molar-refractivity contribution is 7.98. The molecule has 0 aliphatic heterocycles. The fourth-order valence-electron chi connectivity index (χ4n) is 2.49. The summed E-state index contributed by atoms with van der Waals surface area (Å²) in [5.74, 6) is 0.710. The molecule has 0 bridgehead atoms. The van der Waals surface area contributed by atoms with Crippen molar-refractivity contribution in [2.45, 2.75) is 24.5 Å². The molecule has 0 fully saturated rings. The van der Waals surface area contributed by atoms with E-state index in [0.29, 0.717) is 11.3 Å². The standard InChI is InChI=1S/C19H17N3S/c1-14-7-6-10-17(11-14)23-13-19-18(12-20)15(2)21-22(19)16-8-4-3-5-9-16/h3-11H,13H2,1-2H3. The number of benzene rings is 2. The Hall–Kier alpha value is -2.51. The molecule has 0 atom stereocenters. The minimum Gasteiger partial charge on any atom is -0.235 e. The fraction of sp³-hybridized carbons (Fsp3) is 0.158. The third-order valence-electron chi connectivity index (χ3n) is 3.63. The van der Waals surface area contributed by atoms with Gasteiger partial charge in [0.2, 0.25) is 0 Å². The number of para-hydroxylation sites is 1. The number of nitriles is 1. The molecule has 1 heterocycles. The first kappa shape index (κ1) is 15.4. The first-order chi connectivity index (χ1) is 11.2. The third-order valence-corrected chi connectivity index (χ3v) is 4.64. The average molecular weight is 319 g/mol. The van der Waals surface area contributed by atoms with Gasteiger partial charge < -0.3 is 0 Å². The third kappa shape index (κ3) is 3.30. The summed E-state index contributed by atoms with van der Waals surface area (Å²) in [6, 6.07) is 20.7. The van der Waals surface area contributed by atoms with Crippen LogP contribution in [0.25, 0.3) is 5.69 Å². The zero-order valence-corrected chi connectivity index (χ0v) is 14.0. The fourth-order valence-corrected chi connectivity index (χ4v) is 3.51. The highest BCUT2D eigenvalue weighted by Gasteiger charge is 2.16. The van der Waals surface area contributed by atoms with E-state index in [4.69, 9.17) is 0 Å². The van der Waals surface area contributed by atoms with Gasteiger partial charge in [0, 0.05) is 10.6 Å². The molecule has 3 rings (SSSR count). The molecule has 0 aliphatic rings. The van der Waals surface area contributed by atoms with Crippen molar-refractivity contribution in [2.24, 2.45) is 0 Å². The zero-order valence-electron chi connectivity index (χ0n) is 13.2. The van der Waals surface area contributed by atoms with E-state index in [9.17, 15) is 5.26 Å². The molecule has 0 saturated carbocycles. The molecule has 1 aromatic heterocycles. The molecule has 0 N–H and O–H groups in total. The van der Waals surface area contributed by atoms with Crippen LogP contribution in [0.3, 0.4) is 0 Å². The number of hydrogen-bond acceptors (Lipinski definition) is 3. The minimum absolute atomic E-state index is 0.675. The molecule has 3 aromatic rings. The van der Waals surface area contributed by atoms with Gasteiger partial charge in [0.15, 0.2) is 0 Å².